The Bertz CT molecular complexity index is 559. The van der Waals surface area contributed by atoms with E-state index in [0.29, 0.717) is 31.1 Å². The number of amides is 1. The molecule has 2 aromatic rings. The van der Waals surface area contributed by atoms with Gasteiger partial charge in [0.1, 0.15) is 0 Å². The summed E-state index contributed by atoms with van der Waals surface area (Å²) in [6, 6.07) is 2.21. The summed E-state index contributed by atoms with van der Waals surface area (Å²) in [6.45, 7) is 5.59. The lowest BCUT2D eigenvalue weighted by molar-refractivity contribution is -0.121. The van der Waals surface area contributed by atoms with Gasteiger partial charge in [0.05, 0.1) is 0 Å². The van der Waals surface area contributed by atoms with Crippen molar-refractivity contribution in [2.75, 3.05) is 13.1 Å². The highest BCUT2D eigenvalue weighted by atomic mass is 35.5. The Morgan fingerprint density at radius 1 is 1.50 bits per heavy atom. The molecule has 22 heavy (non-hydrogen) atoms. The molecular formula is C14H21ClN4O2S. The largest absolute Gasteiger partial charge is 0.355 e. The molecule has 0 fully saturated rings. The van der Waals surface area contributed by atoms with Crippen molar-refractivity contribution in [1.82, 2.24) is 20.8 Å². The van der Waals surface area contributed by atoms with Crippen molar-refractivity contribution in [1.29, 1.82) is 0 Å². The first-order chi connectivity index (χ1) is 10.2. The standard InChI is InChI=1S/C14H20N4O2S.ClH/c1-3-15-10(2)8-16-12(19)4-5-13-17-14(18-20-13)11-6-7-21-9-11;/h6-7,9-10,15H,3-5,8H2,1-2H3,(H,16,19);1H/t10-;/m1./s1. The first-order valence-corrected chi connectivity index (χ1v) is 7.98. The Morgan fingerprint density at radius 3 is 3.00 bits per heavy atom. The molecule has 0 aromatic carbocycles. The quantitative estimate of drug-likeness (QED) is 0.767. The number of aryl methyl sites for hydroxylation is 1. The molecule has 122 valence electrons. The lowest BCUT2D eigenvalue weighted by atomic mass is 10.2. The van der Waals surface area contributed by atoms with Gasteiger partial charge >= 0.3 is 0 Å². The van der Waals surface area contributed by atoms with Crippen molar-refractivity contribution < 1.29 is 9.32 Å². The van der Waals surface area contributed by atoms with Gasteiger partial charge in [-0.05, 0) is 24.9 Å². The molecule has 8 heteroatoms. The summed E-state index contributed by atoms with van der Waals surface area (Å²) in [5, 5.41) is 14.0. The van der Waals surface area contributed by atoms with E-state index in [1.54, 1.807) is 11.3 Å². The average Bonchev–Trinajstić information content (AvgIpc) is 3.13. The molecule has 2 heterocycles. The van der Waals surface area contributed by atoms with Gasteiger partial charge in [0.25, 0.3) is 0 Å². The molecule has 2 rings (SSSR count). The summed E-state index contributed by atoms with van der Waals surface area (Å²) in [7, 11) is 0. The van der Waals surface area contributed by atoms with Crippen LogP contribution in [0.2, 0.25) is 0 Å². The first kappa shape index (κ1) is 18.6. The van der Waals surface area contributed by atoms with E-state index in [1.807, 2.05) is 30.7 Å². The van der Waals surface area contributed by atoms with Crippen LogP contribution in [0, 0.1) is 0 Å². The number of aromatic nitrogens is 2. The fraction of sp³-hybridized carbons (Fsp3) is 0.500. The van der Waals surface area contributed by atoms with Crippen molar-refractivity contribution in [2.24, 2.45) is 0 Å². The summed E-state index contributed by atoms with van der Waals surface area (Å²) in [5.74, 6) is 1.06. The molecule has 0 radical (unpaired) electrons. The highest BCUT2D eigenvalue weighted by molar-refractivity contribution is 7.08. The van der Waals surface area contributed by atoms with E-state index in [4.69, 9.17) is 4.52 Å². The van der Waals surface area contributed by atoms with Crippen LogP contribution in [0.4, 0.5) is 0 Å². The molecule has 2 aromatic heterocycles. The molecular weight excluding hydrogens is 324 g/mol. The van der Waals surface area contributed by atoms with Crippen molar-refractivity contribution in [3.63, 3.8) is 0 Å². The van der Waals surface area contributed by atoms with Crippen molar-refractivity contribution in [3.05, 3.63) is 22.7 Å². The van der Waals surface area contributed by atoms with Crippen LogP contribution in [0.5, 0.6) is 0 Å². The van der Waals surface area contributed by atoms with Gasteiger partial charge in [-0.15, -0.1) is 12.4 Å². The molecule has 0 spiro atoms. The number of halogens is 1. The SMILES string of the molecule is CCN[C@H](C)CNC(=O)CCc1nc(-c2ccsc2)no1.Cl. The first-order valence-electron chi connectivity index (χ1n) is 7.04. The van der Waals surface area contributed by atoms with E-state index < -0.39 is 0 Å². The monoisotopic (exact) mass is 344 g/mol. The lowest BCUT2D eigenvalue weighted by Gasteiger charge is -2.12. The molecule has 1 atom stereocenters. The number of likely N-dealkylation sites (N-methyl/N-ethyl adjacent to an activating group) is 1. The van der Waals surface area contributed by atoms with Gasteiger partial charge in [-0.1, -0.05) is 12.1 Å². The van der Waals surface area contributed by atoms with Crippen LogP contribution in [-0.2, 0) is 11.2 Å². The molecule has 1 amide bonds. The van der Waals surface area contributed by atoms with Gasteiger partial charge in [0.2, 0.25) is 17.6 Å². The van der Waals surface area contributed by atoms with E-state index >= 15 is 0 Å². The second-order valence-corrected chi connectivity index (χ2v) is 5.57. The van der Waals surface area contributed by atoms with Gasteiger partial charge in [-0.25, -0.2) is 0 Å². The van der Waals surface area contributed by atoms with Crippen molar-refractivity contribution in [3.8, 4) is 11.4 Å². The minimum atomic E-state index is -0.00460. The normalized spacial score (nSPS) is 11.7. The number of carbonyl (C=O) groups excluding carboxylic acids is 1. The van der Waals surface area contributed by atoms with Gasteiger partial charge in [0.15, 0.2) is 0 Å². The average molecular weight is 345 g/mol. The number of carbonyl (C=O) groups is 1. The third kappa shape index (κ3) is 5.75. The van der Waals surface area contributed by atoms with Crippen molar-refractivity contribution in [2.45, 2.75) is 32.7 Å². The number of hydrogen-bond acceptors (Lipinski definition) is 6. The van der Waals surface area contributed by atoms with Crippen LogP contribution < -0.4 is 10.6 Å². The molecule has 0 unspecified atom stereocenters. The van der Waals surface area contributed by atoms with Crippen LogP contribution in [0.25, 0.3) is 11.4 Å². The highest BCUT2D eigenvalue weighted by Gasteiger charge is 2.11. The smallest absolute Gasteiger partial charge is 0.227 e. The Morgan fingerprint density at radius 2 is 2.32 bits per heavy atom. The topological polar surface area (TPSA) is 80.0 Å². The Balaban J connectivity index is 0.00000242. The molecule has 2 N–H and O–H groups in total. The number of nitrogens with one attached hydrogen (secondary N) is 2. The zero-order valence-corrected chi connectivity index (χ0v) is 14.3. The van der Waals surface area contributed by atoms with E-state index in [-0.39, 0.29) is 24.4 Å². The van der Waals surface area contributed by atoms with Crippen LogP contribution in [0.3, 0.4) is 0 Å². The number of hydrogen-bond donors (Lipinski definition) is 2. The van der Waals surface area contributed by atoms with Gasteiger partial charge < -0.3 is 15.2 Å². The van der Waals surface area contributed by atoms with Crippen LogP contribution in [-0.4, -0.2) is 35.2 Å². The summed E-state index contributed by atoms with van der Waals surface area (Å²) in [4.78, 5) is 16.0. The molecule has 0 aliphatic heterocycles. The summed E-state index contributed by atoms with van der Waals surface area (Å²) in [6.07, 6.45) is 0.808. The zero-order valence-electron chi connectivity index (χ0n) is 12.7. The van der Waals surface area contributed by atoms with Gasteiger partial charge in [0, 0.05) is 36.4 Å². The van der Waals surface area contributed by atoms with Crippen molar-refractivity contribution >= 4 is 29.7 Å². The number of rotatable bonds is 8. The van der Waals surface area contributed by atoms with E-state index in [0.717, 1.165) is 12.1 Å². The second-order valence-electron chi connectivity index (χ2n) is 4.79. The Labute approximate surface area is 140 Å². The predicted molar refractivity (Wildman–Crippen MR) is 89.3 cm³/mol. The van der Waals surface area contributed by atoms with E-state index in [1.165, 1.54) is 0 Å². The van der Waals surface area contributed by atoms with Crippen LogP contribution >= 0.6 is 23.7 Å². The molecule has 6 nitrogen and oxygen atoms in total. The van der Waals surface area contributed by atoms with Crippen LogP contribution in [0.1, 0.15) is 26.2 Å². The second kappa shape index (κ2) is 9.55. The van der Waals surface area contributed by atoms with Crippen LogP contribution in [0.15, 0.2) is 21.3 Å². The predicted octanol–water partition coefficient (Wildman–Crippen LogP) is 2.27. The molecule has 0 aliphatic carbocycles. The minimum Gasteiger partial charge on any atom is -0.355 e. The third-order valence-corrected chi connectivity index (χ3v) is 3.65. The maximum Gasteiger partial charge on any atom is 0.227 e. The van der Waals surface area contributed by atoms with Gasteiger partial charge in [-0.3, -0.25) is 4.79 Å². The van der Waals surface area contributed by atoms with Gasteiger partial charge in [-0.2, -0.15) is 16.3 Å². The number of nitrogens with zero attached hydrogens (tertiary/aromatic N) is 2. The molecule has 0 saturated carbocycles. The van der Waals surface area contributed by atoms with E-state index in [9.17, 15) is 4.79 Å². The summed E-state index contributed by atoms with van der Waals surface area (Å²) >= 11 is 1.58. The Hall–Kier alpha value is -1.44. The molecule has 0 bridgehead atoms. The third-order valence-electron chi connectivity index (χ3n) is 2.97. The fourth-order valence-corrected chi connectivity index (χ4v) is 2.50. The maximum absolute atomic E-state index is 11.7. The highest BCUT2D eigenvalue weighted by Crippen LogP contribution is 2.18. The van der Waals surface area contributed by atoms with E-state index in [2.05, 4.69) is 20.8 Å². The Kier molecular flexibility index (Phi) is 8.08. The maximum atomic E-state index is 11.7. The summed E-state index contributed by atoms with van der Waals surface area (Å²) < 4.78 is 5.15. The fourth-order valence-electron chi connectivity index (χ4n) is 1.86. The molecule has 0 aliphatic rings. The zero-order chi connectivity index (χ0) is 15.1. The lowest BCUT2D eigenvalue weighted by Crippen LogP contribution is -2.38. The minimum absolute atomic E-state index is 0. The molecule has 0 saturated heterocycles. The summed E-state index contributed by atoms with van der Waals surface area (Å²) in [5.41, 5.74) is 0.943. The number of thiophene rings is 1.